The van der Waals surface area contributed by atoms with Crippen molar-refractivity contribution in [2.24, 2.45) is 5.92 Å². The van der Waals surface area contributed by atoms with Crippen LogP contribution in [-0.2, 0) is 11.4 Å². The van der Waals surface area contributed by atoms with Gasteiger partial charge in [-0.05, 0) is 35.4 Å². The fourth-order valence-electron chi connectivity index (χ4n) is 2.91. The molecule has 0 fully saturated rings. The third-order valence-electron chi connectivity index (χ3n) is 4.54. The van der Waals surface area contributed by atoms with Crippen molar-refractivity contribution in [1.82, 2.24) is 14.6 Å². The monoisotopic (exact) mass is 386 g/mol. The van der Waals surface area contributed by atoms with E-state index in [1.165, 1.54) is 0 Å². The Morgan fingerprint density at radius 3 is 2.52 bits per heavy atom. The molecule has 0 aliphatic rings. The molecule has 0 saturated heterocycles. The lowest BCUT2D eigenvalue weighted by atomic mass is 10.1. The molecular weight excluding hydrogens is 364 g/mol. The van der Waals surface area contributed by atoms with Gasteiger partial charge in [-0.1, -0.05) is 56.3 Å². The molecule has 0 spiro atoms. The molecule has 146 valence electrons. The smallest absolute Gasteiger partial charge is 0.249 e. The van der Waals surface area contributed by atoms with Crippen molar-refractivity contribution in [3.05, 3.63) is 78.5 Å². The summed E-state index contributed by atoms with van der Waals surface area (Å²) in [5.74, 6) is 0.863. The first-order chi connectivity index (χ1) is 14.1. The molecule has 6 heteroatoms. The van der Waals surface area contributed by atoms with Crippen LogP contribution in [0.3, 0.4) is 0 Å². The third-order valence-corrected chi connectivity index (χ3v) is 4.54. The van der Waals surface area contributed by atoms with Crippen LogP contribution in [0.1, 0.15) is 19.4 Å². The molecule has 6 nitrogen and oxygen atoms in total. The Bertz CT molecular complexity index is 1120. The molecule has 29 heavy (non-hydrogen) atoms. The summed E-state index contributed by atoms with van der Waals surface area (Å²) in [7, 11) is 0. The van der Waals surface area contributed by atoms with Crippen LogP contribution in [0.5, 0.6) is 5.75 Å². The highest BCUT2D eigenvalue weighted by Gasteiger charge is 2.13. The van der Waals surface area contributed by atoms with Crippen LogP contribution in [0, 0.1) is 5.92 Å². The Morgan fingerprint density at radius 2 is 1.79 bits per heavy atom. The number of ether oxygens (including phenoxy) is 1. The number of pyridine rings is 1. The average Bonchev–Trinajstić information content (AvgIpc) is 3.16. The van der Waals surface area contributed by atoms with E-state index in [1.54, 1.807) is 4.52 Å². The standard InChI is InChI=1S/C23H22N4O2/c1-16(2)22(28)25-23-24-21-20(9-6-14-27(21)26-23)18-10-12-19(13-11-18)29-15-17-7-4-3-5-8-17/h3-14,16H,15H2,1-2H3,(H,25,26,28). The minimum absolute atomic E-state index is 0.109. The Kier molecular flexibility index (Phi) is 5.24. The lowest BCUT2D eigenvalue weighted by molar-refractivity contribution is -0.118. The van der Waals surface area contributed by atoms with Crippen LogP contribution in [0.4, 0.5) is 5.95 Å². The van der Waals surface area contributed by atoms with E-state index < -0.39 is 0 Å². The van der Waals surface area contributed by atoms with Crippen LogP contribution in [-0.4, -0.2) is 20.5 Å². The summed E-state index contributed by atoms with van der Waals surface area (Å²) in [5, 5.41) is 7.10. The van der Waals surface area contributed by atoms with E-state index >= 15 is 0 Å². The predicted octanol–water partition coefficient (Wildman–Crippen LogP) is 4.57. The van der Waals surface area contributed by atoms with Crippen molar-refractivity contribution in [2.45, 2.75) is 20.5 Å². The molecular formula is C23H22N4O2. The third kappa shape index (κ3) is 4.27. The van der Waals surface area contributed by atoms with Crippen LogP contribution in [0.25, 0.3) is 16.8 Å². The number of anilines is 1. The number of carbonyl (C=O) groups is 1. The second-order valence-electron chi connectivity index (χ2n) is 7.07. The highest BCUT2D eigenvalue weighted by atomic mass is 16.5. The van der Waals surface area contributed by atoms with Gasteiger partial charge in [0.05, 0.1) is 0 Å². The van der Waals surface area contributed by atoms with E-state index in [2.05, 4.69) is 15.4 Å². The van der Waals surface area contributed by atoms with Crippen molar-refractivity contribution < 1.29 is 9.53 Å². The summed E-state index contributed by atoms with van der Waals surface area (Å²) in [4.78, 5) is 16.4. The second-order valence-corrected chi connectivity index (χ2v) is 7.07. The van der Waals surface area contributed by atoms with Gasteiger partial charge in [-0.25, -0.2) is 4.52 Å². The molecule has 0 radical (unpaired) electrons. The second kappa shape index (κ2) is 8.14. The maximum absolute atomic E-state index is 11.9. The lowest BCUT2D eigenvalue weighted by Gasteiger charge is -2.08. The van der Waals surface area contributed by atoms with E-state index in [1.807, 2.05) is 86.8 Å². The lowest BCUT2D eigenvalue weighted by Crippen LogP contribution is -2.18. The van der Waals surface area contributed by atoms with Crippen molar-refractivity contribution in [2.75, 3.05) is 5.32 Å². The predicted molar refractivity (Wildman–Crippen MR) is 113 cm³/mol. The minimum Gasteiger partial charge on any atom is -0.489 e. The van der Waals surface area contributed by atoms with Crippen molar-refractivity contribution >= 4 is 17.5 Å². The summed E-state index contributed by atoms with van der Waals surface area (Å²) in [6, 6.07) is 21.8. The molecule has 0 aliphatic heterocycles. The molecule has 4 aromatic rings. The molecule has 2 heterocycles. The minimum atomic E-state index is -0.135. The zero-order valence-corrected chi connectivity index (χ0v) is 16.4. The molecule has 0 unspecified atom stereocenters. The summed E-state index contributed by atoms with van der Waals surface area (Å²) >= 11 is 0. The first kappa shape index (κ1) is 18.7. The number of hydrogen-bond acceptors (Lipinski definition) is 4. The van der Waals surface area contributed by atoms with E-state index in [4.69, 9.17) is 4.74 Å². The Balaban J connectivity index is 1.54. The van der Waals surface area contributed by atoms with Gasteiger partial charge in [-0.15, -0.1) is 5.10 Å². The van der Waals surface area contributed by atoms with Gasteiger partial charge in [-0.3, -0.25) is 10.1 Å². The maximum atomic E-state index is 11.9. The number of nitrogens with one attached hydrogen (secondary N) is 1. The van der Waals surface area contributed by atoms with Crippen LogP contribution >= 0.6 is 0 Å². The number of rotatable bonds is 6. The van der Waals surface area contributed by atoms with E-state index in [0.717, 1.165) is 22.4 Å². The molecule has 0 aliphatic carbocycles. The number of nitrogens with zero attached hydrogens (tertiary/aromatic N) is 3. The van der Waals surface area contributed by atoms with E-state index in [9.17, 15) is 4.79 Å². The number of benzene rings is 2. The molecule has 2 aromatic heterocycles. The van der Waals surface area contributed by atoms with Crippen molar-refractivity contribution in [1.29, 1.82) is 0 Å². The van der Waals surface area contributed by atoms with Gasteiger partial charge in [-0.2, -0.15) is 4.98 Å². The molecule has 2 aromatic carbocycles. The number of fused-ring (bicyclic) bond motifs is 1. The Labute approximate surface area is 169 Å². The van der Waals surface area contributed by atoms with Gasteiger partial charge < -0.3 is 4.74 Å². The number of amides is 1. The van der Waals surface area contributed by atoms with Gasteiger partial charge in [0.1, 0.15) is 12.4 Å². The zero-order chi connectivity index (χ0) is 20.2. The summed E-state index contributed by atoms with van der Waals surface area (Å²) in [6.07, 6.45) is 1.81. The molecule has 1 N–H and O–H groups in total. The zero-order valence-electron chi connectivity index (χ0n) is 16.4. The first-order valence-corrected chi connectivity index (χ1v) is 9.53. The van der Waals surface area contributed by atoms with Crippen LogP contribution in [0.15, 0.2) is 72.9 Å². The summed E-state index contributed by atoms with van der Waals surface area (Å²) in [5.41, 5.74) is 3.74. The van der Waals surface area contributed by atoms with Gasteiger partial charge in [0, 0.05) is 17.7 Å². The molecule has 4 rings (SSSR count). The van der Waals surface area contributed by atoms with E-state index in [-0.39, 0.29) is 11.8 Å². The topological polar surface area (TPSA) is 68.5 Å². The van der Waals surface area contributed by atoms with Crippen LogP contribution < -0.4 is 10.1 Å². The number of carbonyl (C=O) groups excluding carboxylic acids is 1. The van der Waals surface area contributed by atoms with E-state index in [0.29, 0.717) is 18.2 Å². The highest BCUT2D eigenvalue weighted by Crippen LogP contribution is 2.26. The fourth-order valence-corrected chi connectivity index (χ4v) is 2.91. The maximum Gasteiger partial charge on any atom is 0.249 e. The summed E-state index contributed by atoms with van der Waals surface area (Å²) in [6.45, 7) is 4.19. The number of aromatic nitrogens is 3. The SMILES string of the molecule is CC(C)C(=O)Nc1nc2c(-c3ccc(OCc4ccccc4)cc3)cccn2n1. The largest absolute Gasteiger partial charge is 0.489 e. The molecule has 0 bridgehead atoms. The van der Waals surface area contributed by atoms with Gasteiger partial charge in [0.15, 0.2) is 5.65 Å². The molecule has 0 saturated carbocycles. The quantitative estimate of drug-likeness (QED) is 0.527. The fraction of sp³-hybridized carbons (Fsp3) is 0.174. The Hall–Kier alpha value is -3.67. The summed E-state index contributed by atoms with van der Waals surface area (Å²) < 4.78 is 7.53. The van der Waals surface area contributed by atoms with Crippen molar-refractivity contribution in [3.63, 3.8) is 0 Å². The molecule has 0 atom stereocenters. The van der Waals surface area contributed by atoms with Crippen LogP contribution in [0.2, 0.25) is 0 Å². The molecule has 1 amide bonds. The Morgan fingerprint density at radius 1 is 1.03 bits per heavy atom. The highest BCUT2D eigenvalue weighted by molar-refractivity contribution is 5.91. The average molecular weight is 386 g/mol. The van der Waals surface area contributed by atoms with Gasteiger partial charge in [0.25, 0.3) is 0 Å². The first-order valence-electron chi connectivity index (χ1n) is 9.53. The number of hydrogen-bond donors (Lipinski definition) is 1. The van der Waals surface area contributed by atoms with Gasteiger partial charge in [0.2, 0.25) is 11.9 Å². The van der Waals surface area contributed by atoms with Crippen molar-refractivity contribution in [3.8, 4) is 16.9 Å². The normalized spacial score (nSPS) is 11.0. The van der Waals surface area contributed by atoms with Gasteiger partial charge >= 0.3 is 0 Å².